The predicted molar refractivity (Wildman–Crippen MR) is 102 cm³/mol. The number of rotatable bonds is 18. The Morgan fingerprint density at radius 3 is 1.00 bits per heavy atom. The van der Waals surface area contributed by atoms with E-state index in [1.165, 1.54) is 115 Å². The van der Waals surface area contributed by atoms with Crippen LogP contribution in [0.25, 0.3) is 0 Å². The van der Waals surface area contributed by atoms with Gasteiger partial charge in [-0.3, -0.25) is 0 Å². The van der Waals surface area contributed by atoms with Crippen molar-refractivity contribution in [1.29, 1.82) is 0 Å². The molecule has 0 aliphatic carbocycles. The van der Waals surface area contributed by atoms with Gasteiger partial charge in [-0.25, -0.2) is 0 Å². The molecule has 127 valence electrons. The Morgan fingerprint density at radius 2 is 0.667 bits per heavy atom. The van der Waals surface area contributed by atoms with Crippen molar-refractivity contribution in [3.8, 4) is 0 Å². The summed E-state index contributed by atoms with van der Waals surface area (Å²) in [6.45, 7) is 4.59. The molecule has 0 amide bonds. The Bertz CT molecular complexity index is 149. The monoisotopic (exact) mass is 313 g/mol. The first-order valence-corrected chi connectivity index (χ1v) is 11.3. The van der Waals surface area contributed by atoms with Gasteiger partial charge in [0.15, 0.2) is 0 Å². The van der Waals surface area contributed by atoms with Gasteiger partial charge in [-0.1, -0.05) is 112 Å². The predicted octanol–water partition coefficient (Wildman–Crippen LogP) is 8.21. The van der Waals surface area contributed by atoms with Crippen molar-refractivity contribution in [1.82, 2.24) is 0 Å². The Labute approximate surface area is 138 Å². The molecule has 0 fully saturated rings. The van der Waals surface area contributed by atoms with E-state index in [4.69, 9.17) is 0 Å². The van der Waals surface area contributed by atoms with E-state index >= 15 is 0 Å². The van der Waals surface area contributed by atoms with E-state index in [0.717, 1.165) is 0 Å². The van der Waals surface area contributed by atoms with Gasteiger partial charge in [0, 0.05) is 0 Å². The van der Waals surface area contributed by atoms with Crippen molar-refractivity contribution in [3.05, 3.63) is 0 Å². The summed E-state index contributed by atoms with van der Waals surface area (Å²) in [5, 5.41) is 0. The van der Waals surface area contributed by atoms with Crippen molar-refractivity contribution in [2.45, 2.75) is 117 Å². The standard InChI is InChI=1S/C20H42P/c1-3-5-7-9-11-12-13-14-16-18-20-21-19-17-15-10-8-6-4-2/h3-20H2,1-2H3. The highest BCUT2D eigenvalue weighted by atomic mass is 31.1. The van der Waals surface area contributed by atoms with Crippen LogP contribution in [-0.4, -0.2) is 12.3 Å². The molecule has 0 aliphatic heterocycles. The Hall–Kier alpha value is 0.430. The van der Waals surface area contributed by atoms with Gasteiger partial charge >= 0.3 is 0 Å². The topological polar surface area (TPSA) is 0 Å². The van der Waals surface area contributed by atoms with Gasteiger partial charge in [-0.2, -0.15) is 0 Å². The van der Waals surface area contributed by atoms with Gasteiger partial charge in [-0.15, -0.1) is 0 Å². The first kappa shape index (κ1) is 21.4. The largest absolute Gasteiger partial charge is 0.0810 e. The van der Waals surface area contributed by atoms with Gasteiger partial charge in [0.1, 0.15) is 0 Å². The SMILES string of the molecule is CCCCCCCCCCCC[P]CCCCCCCC. The zero-order valence-electron chi connectivity index (χ0n) is 15.2. The van der Waals surface area contributed by atoms with E-state index in [0.29, 0.717) is 0 Å². The molecule has 0 heterocycles. The van der Waals surface area contributed by atoms with Crippen LogP contribution in [0.15, 0.2) is 0 Å². The highest BCUT2D eigenvalue weighted by Gasteiger charge is 1.94. The maximum Gasteiger partial charge on any atom is -0.0287 e. The van der Waals surface area contributed by atoms with Crippen LogP contribution >= 0.6 is 8.58 Å². The lowest BCUT2D eigenvalue weighted by atomic mass is 10.1. The third-order valence-corrected chi connectivity index (χ3v) is 5.60. The maximum atomic E-state index is 2.30. The van der Waals surface area contributed by atoms with Crippen LogP contribution in [0.5, 0.6) is 0 Å². The molecule has 0 spiro atoms. The Kier molecular flexibility index (Phi) is 20.8. The fraction of sp³-hybridized carbons (Fsp3) is 1.00. The summed E-state index contributed by atoms with van der Waals surface area (Å²) in [7, 11) is 1.73. The van der Waals surface area contributed by atoms with Crippen molar-refractivity contribution >= 4 is 8.58 Å². The van der Waals surface area contributed by atoms with Crippen LogP contribution in [0, 0.1) is 0 Å². The molecule has 0 atom stereocenters. The van der Waals surface area contributed by atoms with Crippen LogP contribution < -0.4 is 0 Å². The third-order valence-electron chi connectivity index (χ3n) is 4.34. The van der Waals surface area contributed by atoms with Crippen LogP contribution in [0.2, 0.25) is 0 Å². The summed E-state index contributed by atoms with van der Waals surface area (Å²) in [4.78, 5) is 0. The summed E-state index contributed by atoms with van der Waals surface area (Å²) in [5.74, 6) is 0. The summed E-state index contributed by atoms with van der Waals surface area (Å²) in [6.07, 6.45) is 26.3. The molecular formula is C20H42P. The van der Waals surface area contributed by atoms with E-state index < -0.39 is 0 Å². The van der Waals surface area contributed by atoms with Crippen LogP contribution in [0.4, 0.5) is 0 Å². The maximum absolute atomic E-state index is 2.30. The quantitative estimate of drug-likeness (QED) is 0.177. The average Bonchev–Trinajstić information content (AvgIpc) is 2.50. The second-order valence-electron chi connectivity index (χ2n) is 6.62. The average molecular weight is 314 g/mol. The zero-order valence-corrected chi connectivity index (χ0v) is 16.1. The van der Waals surface area contributed by atoms with Crippen molar-refractivity contribution in [3.63, 3.8) is 0 Å². The van der Waals surface area contributed by atoms with Gasteiger partial charge in [-0.05, 0) is 25.2 Å². The minimum Gasteiger partial charge on any atom is -0.0810 e. The minimum atomic E-state index is 1.37. The zero-order chi connectivity index (χ0) is 15.4. The molecule has 21 heavy (non-hydrogen) atoms. The molecule has 0 saturated heterocycles. The van der Waals surface area contributed by atoms with E-state index in [-0.39, 0.29) is 0 Å². The molecule has 0 unspecified atom stereocenters. The smallest absolute Gasteiger partial charge is 0.0287 e. The lowest BCUT2D eigenvalue weighted by Crippen LogP contribution is -1.85. The molecule has 0 rings (SSSR count). The molecule has 0 N–H and O–H groups in total. The Balaban J connectivity index is 2.90. The summed E-state index contributed by atoms with van der Waals surface area (Å²) >= 11 is 0. The van der Waals surface area contributed by atoms with Gasteiger partial charge in [0.25, 0.3) is 0 Å². The minimum absolute atomic E-state index is 1.37. The number of hydrogen-bond acceptors (Lipinski definition) is 0. The molecule has 1 heteroatoms. The van der Waals surface area contributed by atoms with Crippen molar-refractivity contribution < 1.29 is 0 Å². The first-order valence-electron chi connectivity index (χ1n) is 10.0. The molecular weight excluding hydrogens is 271 g/mol. The van der Waals surface area contributed by atoms with E-state index in [1.54, 1.807) is 8.58 Å². The summed E-state index contributed by atoms with van der Waals surface area (Å²) in [5.41, 5.74) is 0. The third kappa shape index (κ3) is 20.4. The fourth-order valence-electron chi connectivity index (χ4n) is 2.83. The van der Waals surface area contributed by atoms with Crippen LogP contribution in [0.3, 0.4) is 0 Å². The van der Waals surface area contributed by atoms with Crippen LogP contribution in [0.1, 0.15) is 117 Å². The van der Waals surface area contributed by atoms with Gasteiger partial charge < -0.3 is 0 Å². The molecule has 0 aliphatic rings. The van der Waals surface area contributed by atoms with Gasteiger partial charge in [0.2, 0.25) is 0 Å². The first-order chi connectivity index (χ1) is 10.4. The second-order valence-corrected chi connectivity index (χ2v) is 7.96. The van der Waals surface area contributed by atoms with E-state index in [9.17, 15) is 0 Å². The highest BCUT2D eigenvalue weighted by Crippen LogP contribution is 2.18. The lowest BCUT2D eigenvalue weighted by molar-refractivity contribution is 0.563. The van der Waals surface area contributed by atoms with E-state index in [1.807, 2.05) is 0 Å². The second kappa shape index (κ2) is 20.4. The van der Waals surface area contributed by atoms with Crippen molar-refractivity contribution in [2.24, 2.45) is 0 Å². The van der Waals surface area contributed by atoms with Gasteiger partial charge in [0.05, 0.1) is 0 Å². The fourth-order valence-corrected chi connectivity index (χ4v) is 3.94. The molecule has 0 bridgehead atoms. The number of hydrogen-bond donors (Lipinski definition) is 0. The Morgan fingerprint density at radius 1 is 0.381 bits per heavy atom. The molecule has 0 nitrogen and oxygen atoms in total. The summed E-state index contributed by atoms with van der Waals surface area (Å²) < 4.78 is 0. The molecule has 0 aromatic carbocycles. The number of unbranched alkanes of at least 4 members (excludes halogenated alkanes) is 14. The summed E-state index contributed by atoms with van der Waals surface area (Å²) in [6, 6.07) is 0. The molecule has 0 aromatic rings. The lowest BCUT2D eigenvalue weighted by Gasteiger charge is -2.03. The molecule has 0 saturated carbocycles. The highest BCUT2D eigenvalue weighted by molar-refractivity contribution is 7.37. The van der Waals surface area contributed by atoms with Crippen LogP contribution in [-0.2, 0) is 0 Å². The molecule has 1 radical (unpaired) electrons. The molecule has 0 aromatic heterocycles. The normalized spacial score (nSPS) is 11.7. The van der Waals surface area contributed by atoms with E-state index in [2.05, 4.69) is 13.8 Å². The van der Waals surface area contributed by atoms with Crippen molar-refractivity contribution in [2.75, 3.05) is 12.3 Å².